The molecule has 1 N–H and O–H groups in total. The number of nitrogens with zero attached hydrogens (tertiary/aromatic N) is 1. The topological polar surface area (TPSA) is 24.9 Å². The molecule has 0 amide bonds. The van der Waals surface area contributed by atoms with Crippen LogP contribution < -0.4 is 5.32 Å². The van der Waals surface area contributed by atoms with Gasteiger partial charge in [-0.3, -0.25) is 4.98 Å². The highest BCUT2D eigenvalue weighted by molar-refractivity contribution is 5.43. The van der Waals surface area contributed by atoms with Crippen molar-refractivity contribution in [3.8, 4) is 0 Å². The van der Waals surface area contributed by atoms with Crippen molar-refractivity contribution in [2.75, 3.05) is 5.32 Å². The van der Waals surface area contributed by atoms with E-state index in [9.17, 15) is 0 Å². The Morgan fingerprint density at radius 2 is 1.83 bits per heavy atom. The molecule has 1 heterocycles. The van der Waals surface area contributed by atoms with Gasteiger partial charge < -0.3 is 5.32 Å². The first-order valence-corrected chi connectivity index (χ1v) is 6.39. The summed E-state index contributed by atoms with van der Waals surface area (Å²) < 4.78 is 0. The molecular weight excluding hydrogens is 220 g/mol. The summed E-state index contributed by atoms with van der Waals surface area (Å²) in [7, 11) is 0. The second kappa shape index (κ2) is 5.67. The van der Waals surface area contributed by atoms with Gasteiger partial charge in [-0.05, 0) is 35.6 Å². The van der Waals surface area contributed by atoms with Crippen LogP contribution in [-0.4, -0.2) is 4.98 Å². The average Bonchev–Trinajstić information content (AvgIpc) is 2.37. The van der Waals surface area contributed by atoms with E-state index in [-0.39, 0.29) is 0 Å². The highest BCUT2D eigenvalue weighted by Gasteiger charge is 1.99. The minimum atomic E-state index is 0.591. The molecule has 2 heteroatoms. The minimum Gasteiger partial charge on any atom is -0.380 e. The number of hydrogen-bond acceptors (Lipinski definition) is 2. The Labute approximate surface area is 109 Å². The fourth-order valence-electron chi connectivity index (χ4n) is 1.88. The largest absolute Gasteiger partial charge is 0.380 e. The van der Waals surface area contributed by atoms with Crippen molar-refractivity contribution in [1.82, 2.24) is 4.98 Å². The van der Waals surface area contributed by atoms with Gasteiger partial charge in [0.1, 0.15) is 0 Å². The summed E-state index contributed by atoms with van der Waals surface area (Å²) in [6.45, 7) is 7.32. The lowest BCUT2D eigenvalue weighted by Crippen LogP contribution is -2.00. The Kier molecular flexibility index (Phi) is 3.98. The molecule has 0 fully saturated rings. The van der Waals surface area contributed by atoms with Crippen LogP contribution in [0.25, 0.3) is 0 Å². The van der Waals surface area contributed by atoms with Crippen LogP contribution >= 0.6 is 0 Å². The normalized spacial score (nSPS) is 10.7. The van der Waals surface area contributed by atoms with Crippen LogP contribution in [-0.2, 0) is 6.54 Å². The monoisotopic (exact) mass is 240 g/mol. The Morgan fingerprint density at radius 1 is 1.11 bits per heavy atom. The van der Waals surface area contributed by atoms with Gasteiger partial charge in [-0.15, -0.1) is 0 Å². The van der Waals surface area contributed by atoms with Crippen molar-refractivity contribution in [2.24, 2.45) is 0 Å². The van der Waals surface area contributed by atoms with E-state index >= 15 is 0 Å². The SMILES string of the molecule is Cc1cncc(NCc2ccc(C(C)C)cc2)c1. The average molecular weight is 240 g/mol. The number of pyridine rings is 1. The summed E-state index contributed by atoms with van der Waals surface area (Å²) in [5.41, 5.74) is 4.93. The molecule has 18 heavy (non-hydrogen) atoms. The summed E-state index contributed by atoms with van der Waals surface area (Å²) >= 11 is 0. The number of benzene rings is 1. The highest BCUT2D eigenvalue weighted by Crippen LogP contribution is 2.15. The molecule has 0 atom stereocenters. The maximum absolute atomic E-state index is 4.17. The zero-order valence-corrected chi connectivity index (χ0v) is 11.3. The van der Waals surface area contributed by atoms with E-state index in [0.717, 1.165) is 12.2 Å². The van der Waals surface area contributed by atoms with Crippen molar-refractivity contribution in [3.63, 3.8) is 0 Å². The van der Waals surface area contributed by atoms with E-state index in [4.69, 9.17) is 0 Å². The van der Waals surface area contributed by atoms with Gasteiger partial charge in [0, 0.05) is 18.9 Å². The first-order chi connectivity index (χ1) is 8.65. The summed E-state index contributed by atoms with van der Waals surface area (Å²) in [5.74, 6) is 0.591. The van der Waals surface area contributed by atoms with Crippen LogP contribution in [0.2, 0.25) is 0 Å². The Bertz CT molecular complexity index is 501. The van der Waals surface area contributed by atoms with Gasteiger partial charge in [0.2, 0.25) is 0 Å². The Morgan fingerprint density at radius 3 is 2.44 bits per heavy atom. The van der Waals surface area contributed by atoms with E-state index in [1.165, 1.54) is 16.7 Å². The fourth-order valence-corrected chi connectivity index (χ4v) is 1.88. The van der Waals surface area contributed by atoms with Crippen LogP contribution in [0.5, 0.6) is 0 Å². The lowest BCUT2D eigenvalue weighted by molar-refractivity contribution is 0.865. The van der Waals surface area contributed by atoms with Gasteiger partial charge in [-0.2, -0.15) is 0 Å². The molecule has 0 saturated heterocycles. The molecule has 2 rings (SSSR count). The molecule has 1 aromatic heterocycles. The molecule has 0 spiro atoms. The number of aromatic nitrogens is 1. The second-order valence-electron chi connectivity index (χ2n) is 5.00. The lowest BCUT2D eigenvalue weighted by Gasteiger charge is -2.09. The van der Waals surface area contributed by atoms with Gasteiger partial charge in [0.25, 0.3) is 0 Å². The molecule has 0 radical (unpaired) electrons. The number of aryl methyl sites for hydroxylation is 1. The molecule has 94 valence electrons. The Balaban J connectivity index is 1.98. The zero-order valence-electron chi connectivity index (χ0n) is 11.3. The number of rotatable bonds is 4. The smallest absolute Gasteiger partial charge is 0.0532 e. The maximum atomic E-state index is 4.17. The van der Waals surface area contributed by atoms with Gasteiger partial charge in [-0.1, -0.05) is 38.1 Å². The van der Waals surface area contributed by atoms with E-state index in [1.54, 1.807) is 0 Å². The van der Waals surface area contributed by atoms with E-state index in [2.05, 4.69) is 61.4 Å². The van der Waals surface area contributed by atoms with E-state index < -0.39 is 0 Å². The minimum absolute atomic E-state index is 0.591. The third kappa shape index (κ3) is 3.33. The van der Waals surface area contributed by atoms with Crippen LogP contribution in [0.3, 0.4) is 0 Å². The molecule has 1 aromatic carbocycles. The molecule has 0 aliphatic carbocycles. The van der Waals surface area contributed by atoms with Crippen LogP contribution in [0.15, 0.2) is 42.7 Å². The third-order valence-electron chi connectivity index (χ3n) is 3.02. The molecule has 0 bridgehead atoms. The van der Waals surface area contributed by atoms with Gasteiger partial charge in [0.15, 0.2) is 0 Å². The molecule has 0 unspecified atom stereocenters. The quantitative estimate of drug-likeness (QED) is 0.869. The summed E-state index contributed by atoms with van der Waals surface area (Å²) in [4.78, 5) is 4.17. The van der Waals surface area contributed by atoms with Crippen molar-refractivity contribution in [1.29, 1.82) is 0 Å². The number of hydrogen-bond donors (Lipinski definition) is 1. The highest BCUT2D eigenvalue weighted by atomic mass is 14.9. The van der Waals surface area contributed by atoms with Crippen LogP contribution in [0.4, 0.5) is 5.69 Å². The van der Waals surface area contributed by atoms with Gasteiger partial charge in [-0.25, -0.2) is 0 Å². The molecule has 2 aromatic rings. The molecule has 0 saturated carbocycles. The fraction of sp³-hybridized carbons (Fsp3) is 0.312. The van der Waals surface area contributed by atoms with Crippen molar-refractivity contribution < 1.29 is 0 Å². The third-order valence-corrected chi connectivity index (χ3v) is 3.02. The Hall–Kier alpha value is -1.83. The zero-order chi connectivity index (χ0) is 13.0. The summed E-state index contributed by atoms with van der Waals surface area (Å²) in [5, 5.41) is 3.39. The standard InChI is InChI=1S/C16H20N2/c1-12(2)15-6-4-14(5-7-15)10-18-16-8-13(3)9-17-11-16/h4-9,11-12,18H,10H2,1-3H3. The predicted molar refractivity (Wildman–Crippen MR) is 76.8 cm³/mol. The first-order valence-electron chi connectivity index (χ1n) is 6.39. The van der Waals surface area contributed by atoms with E-state index in [0.29, 0.717) is 5.92 Å². The summed E-state index contributed by atoms with van der Waals surface area (Å²) in [6, 6.07) is 10.9. The van der Waals surface area contributed by atoms with Crippen molar-refractivity contribution in [2.45, 2.75) is 33.2 Å². The van der Waals surface area contributed by atoms with Gasteiger partial charge >= 0.3 is 0 Å². The lowest BCUT2D eigenvalue weighted by atomic mass is 10.0. The molecule has 0 aliphatic heterocycles. The van der Waals surface area contributed by atoms with E-state index in [1.807, 2.05) is 12.4 Å². The first kappa shape index (κ1) is 12.6. The molecule has 2 nitrogen and oxygen atoms in total. The van der Waals surface area contributed by atoms with Crippen molar-refractivity contribution >= 4 is 5.69 Å². The number of nitrogens with one attached hydrogen (secondary N) is 1. The predicted octanol–water partition coefficient (Wildman–Crippen LogP) is 4.13. The summed E-state index contributed by atoms with van der Waals surface area (Å²) in [6.07, 6.45) is 3.72. The molecule has 0 aliphatic rings. The van der Waals surface area contributed by atoms with Crippen molar-refractivity contribution in [3.05, 3.63) is 59.4 Å². The van der Waals surface area contributed by atoms with Gasteiger partial charge in [0.05, 0.1) is 5.69 Å². The maximum Gasteiger partial charge on any atom is 0.0532 e. The number of anilines is 1. The van der Waals surface area contributed by atoms with Crippen LogP contribution in [0, 0.1) is 6.92 Å². The second-order valence-corrected chi connectivity index (χ2v) is 5.00. The van der Waals surface area contributed by atoms with Crippen LogP contribution in [0.1, 0.15) is 36.5 Å². The molecular formula is C16H20N2.